The Labute approximate surface area is 122 Å². The summed E-state index contributed by atoms with van der Waals surface area (Å²) in [6.07, 6.45) is 8.82. The van der Waals surface area contributed by atoms with Crippen molar-refractivity contribution in [2.24, 2.45) is 0 Å². The minimum Gasteiger partial charge on any atom is -0.394 e. The molecule has 0 aromatic carbocycles. The first kappa shape index (κ1) is 14.8. The summed E-state index contributed by atoms with van der Waals surface area (Å²) in [4.78, 5) is 2.62. The molecule has 3 unspecified atom stereocenters. The lowest BCUT2D eigenvalue weighted by Gasteiger charge is -2.44. The van der Waals surface area contributed by atoms with Crippen LogP contribution in [0.15, 0.2) is 0 Å². The van der Waals surface area contributed by atoms with E-state index in [2.05, 4.69) is 17.1 Å². The number of hydrogen-bond donors (Lipinski definition) is 2. The van der Waals surface area contributed by atoms with E-state index in [1.54, 1.807) is 0 Å². The molecule has 1 saturated heterocycles. The molecule has 3 fully saturated rings. The van der Waals surface area contributed by atoms with E-state index in [0.29, 0.717) is 24.8 Å². The Hall–Kier alpha value is -0.160. The maximum absolute atomic E-state index is 9.94. The van der Waals surface area contributed by atoms with Crippen LogP contribution in [-0.4, -0.2) is 60.0 Å². The number of aliphatic hydroxyl groups excluding tert-OH is 1. The third kappa shape index (κ3) is 3.53. The van der Waals surface area contributed by atoms with Gasteiger partial charge in [-0.3, -0.25) is 4.90 Å². The zero-order chi connectivity index (χ0) is 14.0. The lowest BCUT2D eigenvalue weighted by molar-refractivity contribution is 0.0338. The van der Waals surface area contributed by atoms with Crippen LogP contribution >= 0.6 is 0 Å². The van der Waals surface area contributed by atoms with Crippen molar-refractivity contribution >= 4 is 0 Å². The molecule has 0 spiro atoms. The second-order valence-electron chi connectivity index (χ2n) is 7.14. The van der Waals surface area contributed by atoms with E-state index in [-0.39, 0.29) is 5.54 Å². The molecule has 2 N–H and O–H groups in total. The highest BCUT2D eigenvalue weighted by Gasteiger charge is 2.41. The third-order valence-electron chi connectivity index (χ3n) is 5.21. The Balaban J connectivity index is 1.63. The number of ether oxygens (including phenoxy) is 1. The van der Waals surface area contributed by atoms with Crippen LogP contribution in [-0.2, 0) is 4.74 Å². The number of nitrogens with one attached hydrogen (secondary N) is 1. The molecule has 2 saturated carbocycles. The minimum absolute atomic E-state index is 0.0134. The lowest BCUT2D eigenvalue weighted by Crippen LogP contribution is -2.57. The maximum atomic E-state index is 9.94. The summed E-state index contributed by atoms with van der Waals surface area (Å²) in [6.45, 7) is 5.58. The summed E-state index contributed by atoms with van der Waals surface area (Å²) < 4.78 is 5.77. The van der Waals surface area contributed by atoms with Crippen molar-refractivity contribution in [3.05, 3.63) is 0 Å². The Bertz CT molecular complexity index is 322. The van der Waals surface area contributed by atoms with E-state index in [0.717, 1.165) is 39.0 Å². The topological polar surface area (TPSA) is 44.7 Å². The van der Waals surface area contributed by atoms with Gasteiger partial charge in [0.05, 0.1) is 12.7 Å². The van der Waals surface area contributed by atoms with Gasteiger partial charge in [-0.1, -0.05) is 0 Å². The molecule has 3 rings (SSSR count). The van der Waals surface area contributed by atoms with Crippen molar-refractivity contribution in [2.45, 2.75) is 75.6 Å². The van der Waals surface area contributed by atoms with Gasteiger partial charge in [-0.2, -0.15) is 0 Å². The van der Waals surface area contributed by atoms with E-state index in [4.69, 9.17) is 4.74 Å². The molecule has 0 aromatic rings. The predicted molar refractivity (Wildman–Crippen MR) is 79.8 cm³/mol. The lowest BCUT2D eigenvalue weighted by atomic mass is 9.78. The molecule has 1 heterocycles. The molecule has 4 heteroatoms. The van der Waals surface area contributed by atoms with Crippen molar-refractivity contribution in [1.82, 2.24) is 10.2 Å². The van der Waals surface area contributed by atoms with Crippen molar-refractivity contribution in [1.29, 1.82) is 0 Å². The van der Waals surface area contributed by atoms with Crippen molar-refractivity contribution in [3.8, 4) is 0 Å². The summed E-state index contributed by atoms with van der Waals surface area (Å²) in [5.41, 5.74) is -0.0134. The second-order valence-corrected chi connectivity index (χ2v) is 7.14. The second kappa shape index (κ2) is 6.30. The van der Waals surface area contributed by atoms with Gasteiger partial charge in [0.1, 0.15) is 0 Å². The fourth-order valence-corrected chi connectivity index (χ4v) is 3.98. The molecule has 0 bridgehead atoms. The average Bonchev–Trinajstić information content (AvgIpc) is 3.27. The van der Waals surface area contributed by atoms with E-state index in [1.807, 2.05) is 0 Å². The Morgan fingerprint density at radius 2 is 2.15 bits per heavy atom. The summed E-state index contributed by atoms with van der Waals surface area (Å²) in [5, 5.41) is 13.7. The molecule has 4 nitrogen and oxygen atoms in total. The third-order valence-corrected chi connectivity index (χ3v) is 5.21. The zero-order valence-corrected chi connectivity index (χ0v) is 12.8. The van der Waals surface area contributed by atoms with Gasteiger partial charge >= 0.3 is 0 Å². The molecule has 0 aromatic heterocycles. The average molecular weight is 282 g/mol. The van der Waals surface area contributed by atoms with Gasteiger partial charge in [0.15, 0.2) is 0 Å². The van der Waals surface area contributed by atoms with Gasteiger partial charge in [0, 0.05) is 37.3 Å². The quantitative estimate of drug-likeness (QED) is 0.821. The fourth-order valence-electron chi connectivity index (χ4n) is 3.98. The van der Waals surface area contributed by atoms with Crippen molar-refractivity contribution in [2.75, 3.05) is 26.3 Å². The molecular formula is C16H30N2O2. The molecule has 1 aliphatic heterocycles. The molecular weight excluding hydrogens is 252 g/mol. The van der Waals surface area contributed by atoms with Crippen LogP contribution in [0.4, 0.5) is 0 Å². The van der Waals surface area contributed by atoms with Crippen molar-refractivity contribution < 1.29 is 9.84 Å². The number of nitrogens with zero attached hydrogens (tertiary/aromatic N) is 1. The predicted octanol–water partition coefficient (Wildman–Crippen LogP) is 1.52. The molecule has 0 amide bonds. The highest BCUT2D eigenvalue weighted by Crippen LogP contribution is 2.35. The summed E-state index contributed by atoms with van der Waals surface area (Å²) in [6, 6.07) is 1.29. The summed E-state index contributed by atoms with van der Waals surface area (Å²) in [7, 11) is 0. The van der Waals surface area contributed by atoms with Crippen LogP contribution in [0.5, 0.6) is 0 Å². The number of rotatable bonds is 4. The standard InChI is InChI=1S/C16H30N2O2/c1-13-11-18(8-3-9-20-13)15-4-2-7-16(10-15,12-19)17-14-5-6-14/h13-15,17,19H,2-12H2,1H3. The Kier molecular flexibility index (Phi) is 4.65. The minimum atomic E-state index is -0.0134. The van der Waals surface area contributed by atoms with Crippen LogP contribution in [0.1, 0.15) is 51.9 Å². The zero-order valence-electron chi connectivity index (χ0n) is 12.8. The molecule has 3 aliphatic rings. The Morgan fingerprint density at radius 1 is 1.30 bits per heavy atom. The fraction of sp³-hybridized carbons (Fsp3) is 1.00. The molecule has 20 heavy (non-hydrogen) atoms. The monoisotopic (exact) mass is 282 g/mol. The van der Waals surface area contributed by atoms with Gasteiger partial charge in [-0.05, 0) is 51.9 Å². The maximum Gasteiger partial charge on any atom is 0.0674 e. The Morgan fingerprint density at radius 3 is 2.90 bits per heavy atom. The van der Waals surface area contributed by atoms with Crippen LogP contribution < -0.4 is 5.32 Å². The van der Waals surface area contributed by atoms with Gasteiger partial charge in [0.2, 0.25) is 0 Å². The van der Waals surface area contributed by atoms with Crippen LogP contribution in [0.25, 0.3) is 0 Å². The van der Waals surface area contributed by atoms with Crippen LogP contribution in [0.3, 0.4) is 0 Å². The first-order chi connectivity index (χ1) is 9.71. The molecule has 0 radical (unpaired) electrons. The molecule has 3 atom stereocenters. The normalized spacial score (nSPS) is 40.5. The van der Waals surface area contributed by atoms with E-state index < -0.39 is 0 Å². The van der Waals surface area contributed by atoms with Crippen LogP contribution in [0, 0.1) is 0 Å². The number of aliphatic hydroxyl groups is 1. The summed E-state index contributed by atoms with van der Waals surface area (Å²) >= 11 is 0. The molecule has 2 aliphatic carbocycles. The van der Waals surface area contributed by atoms with Gasteiger partial charge < -0.3 is 15.2 Å². The van der Waals surface area contributed by atoms with E-state index in [1.165, 1.54) is 25.7 Å². The summed E-state index contributed by atoms with van der Waals surface area (Å²) in [5.74, 6) is 0. The highest BCUT2D eigenvalue weighted by atomic mass is 16.5. The van der Waals surface area contributed by atoms with E-state index in [9.17, 15) is 5.11 Å². The highest BCUT2D eigenvalue weighted by molar-refractivity contribution is 5.01. The number of hydrogen-bond acceptors (Lipinski definition) is 4. The SMILES string of the molecule is CC1CN(C2CCCC(CO)(NC3CC3)C2)CCCO1. The van der Waals surface area contributed by atoms with Gasteiger partial charge in [-0.15, -0.1) is 0 Å². The largest absolute Gasteiger partial charge is 0.394 e. The van der Waals surface area contributed by atoms with Crippen LogP contribution in [0.2, 0.25) is 0 Å². The first-order valence-electron chi connectivity index (χ1n) is 8.45. The smallest absolute Gasteiger partial charge is 0.0674 e. The van der Waals surface area contributed by atoms with Gasteiger partial charge in [-0.25, -0.2) is 0 Å². The van der Waals surface area contributed by atoms with Gasteiger partial charge in [0.25, 0.3) is 0 Å². The molecule has 116 valence electrons. The van der Waals surface area contributed by atoms with E-state index >= 15 is 0 Å². The first-order valence-corrected chi connectivity index (χ1v) is 8.45. The van der Waals surface area contributed by atoms with Crippen molar-refractivity contribution in [3.63, 3.8) is 0 Å².